The van der Waals surface area contributed by atoms with Crippen LogP contribution in [0, 0.1) is 6.92 Å². The Labute approximate surface area is 120 Å². The Hall–Kier alpha value is -1.00. The molecule has 4 heteroatoms. The van der Waals surface area contributed by atoms with Crippen LogP contribution in [0.25, 0.3) is 0 Å². The van der Waals surface area contributed by atoms with Gasteiger partial charge in [0.1, 0.15) is 0 Å². The van der Waals surface area contributed by atoms with Crippen molar-refractivity contribution >= 4 is 17.7 Å². The van der Waals surface area contributed by atoms with Crippen LogP contribution in [0.3, 0.4) is 0 Å². The van der Waals surface area contributed by atoms with Crippen LogP contribution >= 0.6 is 11.8 Å². The summed E-state index contributed by atoms with van der Waals surface area (Å²) in [5.74, 6) is -0.0139. The fraction of sp³-hybridized carbons (Fsp3) is 0.533. The summed E-state index contributed by atoms with van der Waals surface area (Å²) in [4.78, 5) is 13.4. The zero-order chi connectivity index (χ0) is 14.3. The van der Waals surface area contributed by atoms with Crippen LogP contribution in [0.5, 0.6) is 0 Å². The maximum Gasteiger partial charge on any atom is 0.251 e. The lowest BCUT2D eigenvalue weighted by molar-refractivity contribution is 0.0935. The molecule has 1 aromatic rings. The van der Waals surface area contributed by atoms with Gasteiger partial charge in [-0.1, -0.05) is 25.8 Å². The number of unbranched alkanes of at least 4 members (excludes halogenated alkanes) is 1. The molecule has 1 aromatic carbocycles. The standard InChI is InChI=1S/C15H24N2OS/c1-4-5-6-12(10-16)17-15(18)14-9-13(19-3)8-7-11(14)2/h7-9,12H,4-6,10,16H2,1-3H3,(H,17,18). The topological polar surface area (TPSA) is 55.1 Å². The van der Waals surface area contributed by atoms with Crippen molar-refractivity contribution < 1.29 is 4.79 Å². The number of hydrogen-bond donors (Lipinski definition) is 2. The SMILES string of the molecule is CCCCC(CN)NC(=O)c1cc(SC)ccc1C. The molecule has 0 saturated carbocycles. The van der Waals surface area contributed by atoms with Crippen molar-refractivity contribution in [2.24, 2.45) is 5.73 Å². The van der Waals surface area contributed by atoms with E-state index in [4.69, 9.17) is 5.73 Å². The largest absolute Gasteiger partial charge is 0.348 e. The van der Waals surface area contributed by atoms with Crippen LogP contribution in [0.4, 0.5) is 0 Å². The molecule has 3 N–H and O–H groups in total. The second-order valence-corrected chi connectivity index (χ2v) is 5.61. The Morgan fingerprint density at radius 2 is 2.21 bits per heavy atom. The van der Waals surface area contributed by atoms with Gasteiger partial charge in [0.05, 0.1) is 0 Å². The van der Waals surface area contributed by atoms with E-state index < -0.39 is 0 Å². The minimum Gasteiger partial charge on any atom is -0.348 e. The molecule has 0 spiro atoms. The number of carbonyl (C=O) groups is 1. The second kappa shape index (κ2) is 8.23. The van der Waals surface area contributed by atoms with Gasteiger partial charge < -0.3 is 11.1 Å². The van der Waals surface area contributed by atoms with Crippen molar-refractivity contribution in [1.82, 2.24) is 5.32 Å². The highest BCUT2D eigenvalue weighted by atomic mass is 32.2. The van der Waals surface area contributed by atoms with Crippen molar-refractivity contribution in [3.05, 3.63) is 29.3 Å². The molecule has 1 unspecified atom stereocenters. The molecule has 19 heavy (non-hydrogen) atoms. The fourth-order valence-electron chi connectivity index (χ4n) is 1.94. The van der Waals surface area contributed by atoms with Crippen molar-refractivity contribution in [3.8, 4) is 0 Å². The molecule has 0 fully saturated rings. The summed E-state index contributed by atoms with van der Waals surface area (Å²) < 4.78 is 0. The van der Waals surface area contributed by atoms with Crippen molar-refractivity contribution in [2.75, 3.05) is 12.8 Å². The number of rotatable bonds is 7. The van der Waals surface area contributed by atoms with Gasteiger partial charge in [0.2, 0.25) is 0 Å². The lowest BCUT2D eigenvalue weighted by atomic mass is 10.1. The third-order valence-electron chi connectivity index (χ3n) is 3.22. The summed E-state index contributed by atoms with van der Waals surface area (Å²) in [5, 5.41) is 3.04. The lowest BCUT2D eigenvalue weighted by Gasteiger charge is -2.17. The molecular formula is C15H24N2OS. The first-order valence-corrected chi connectivity index (χ1v) is 8.00. The van der Waals surface area contributed by atoms with Crippen LogP contribution in [-0.2, 0) is 0 Å². The molecule has 0 aromatic heterocycles. The molecule has 3 nitrogen and oxygen atoms in total. The highest BCUT2D eigenvalue weighted by Crippen LogP contribution is 2.19. The van der Waals surface area contributed by atoms with Gasteiger partial charge in [0.25, 0.3) is 5.91 Å². The highest BCUT2D eigenvalue weighted by Gasteiger charge is 2.14. The summed E-state index contributed by atoms with van der Waals surface area (Å²) in [6.45, 7) is 4.59. The van der Waals surface area contributed by atoms with Crippen LogP contribution < -0.4 is 11.1 Å². The molecular weight excluding hydrogens is 256 g/mol. The molecule has 0 heterocycles. The first kappa shape index (κ1) is 16.1. The summed E-state index contributed by atoms with van der Waals surface area (Å²) >= 11 is 1.64. The van der Waals surface area contributed by atoms with E-state index >= 15 is 0 Å². The number of benzene rings is 1. The van der Waals surface area contributed by atoms with Crippen molar-refractivity contribution in [3.63, 3.8) is 0 Å². The van der Waals surface area contributed by atoms with Crippen LogP contribution in [0.15, 0.2) is 23.1 Å². The monoisotopic (exact) mass is 280 g/mol. The Kier molecular flexibility index (Phi) is 6.95. The predicted molar refractivity (Wildman–Crippen MR) is 82.8 cm³/mol. The van der Waals surface area contributed by atoms with E-state index in [9.17, 15) is 4.79 Å². The molecule has 0 bridgehead atoms. The van der Waals surface area contributed by atoms with E-state index in [0.717, 1.165) is 35.3 Å². The second-order valence-electron chi connectivity index (χ2n) is 4.73. The molecule has 0 radical (unpaired) electrons. The third-order valence-corrected chi connectivity index (χ3v) is 3.94. The van der Waals surface area contributed by atoms with Gasteiger partial charge in [-0.15, -0.1) is 11.8 Å². The Bertz CT molecular complexity index is 421. The number of carbonyl (C=O) groups excluding carboxylic acids is 1. The van der Waals surface area contributed by atoms with Gasteiger partial charge in [0, 0.05) is 23.0 Å². The minimum absolute atomic E-state index is 0.0139. The Balaban J connectivity index is 2.76. The maximum atomic E-state index is 12.3. The summed E-state index contributed by atoms with van der Waals surface area (Å²) in [6.07, 6.45) is 5.16. The third kappa shape index (κ3) is 4.88. The molecule has 0 aliphatic heterocycles. The molecule has 1 atom stereocenters. The highest BCUT2D eigenvalue weighted by molar-refractivity contribution is 7.98. The average Bonchev–Trinajstić information content (AvgIpc) is 2.43. The van der Waals surface area contributed by atoms with Crippen LogP contribution in [0.1, 0.15) is 42.1 Å². The number of nitrogens with two attached hydrogens (primary N) is 1. The first-order valence-electron chi connectivity index (χ1n) is 6.78. The van der Waals surface area contributed by atoms with Crippen molar-refractivity contribution in [2.45, 2.75) is 44.0 Å². The normalized spacial score (nSPS) is 12.2. The molecule has 1 rings (SSSR count). The van der Waals surface area contributed by atoms with E-state index in [-0.39, 0.29) is 11.9 Å². The number of thioether (sulfide) groups is 1. The van der Waals surface area contributed by atoms with Gasteiger partial charge in [-0.25, -0.2) is 0 Å². The molecule has 1 amide bonds. The number of amides is 1. The Morgan fingerprint density at radius 3 is 2.79 bits per heavy atom. The first-order chi connectivity index (χ1) is 9.12. The summed E-state index contributed by atoms with van der Waals surface area (Å²) in [5.41, 5.74) is 7.47. The van der Waals surface area contributed by atoms with Gasteiger partial charge >= 0.3 is 0 Å². The fourth-order valence-corrected chi connectivity index (χ4v) is 2.38. The summed E-state index contributed by atoms with van der Waals surface area (Å²) in [6, 6.07) is 6.05. The van der Waals surface area contributed by atoms with E-state index in [1.807, 2.05) is 31.4 Å². The van der Waals surface area contributed by atoms with Gasteiger partial charge in [-0.3, -0.25) is 4.79 Å². The zero-order valence-electron chi connectivity index (χ0n) is 12.0. The Morgan fingerprint density at radius 1 is 1.47 bits per heavy atom. The van der Waals surface area contributed by atoms with Crippen LogP contribution in [-0.4, -0.2) is 24.7 Å². The molecule has 0 aliphatic carbocycles. The van der Waals surface area contributed by atoms with E-state index in [1.54, 1.807) is 11.8 Å². The average molecular weight is 280 g/mol. The van der Waals surface area contributed by atoms with Gasteiger partial charge in [-0.05, 0) is 37.3 Å². The lowest BCUT2D eigenvalue weighted by Crippen LogP contribution is -2.40. The number of aryl methyl sites for hydroxylation is 1. The smallest absolute Gasteiger partial charge is 0.251 e. The maximum absolute atomic E-state index is 12.3. The minimum atomic E-state index is -0.0139. The molecule has 0 saturated heterocycles. The quantitative estimate of drug-likeness (QED) is 0.755. The predicted octanol–water partition coefficient (Wildman–Crippen LogP) is 2.96. The van der Waals surface area contributed by atoms with Crippen molar-refractivity contribution in [1.29, 1.82) is 0 Å². The van der Waals surface area contributed by atoms with Crippen LogP contribution in [0.2, 0.25) is 0 Å². The van der Waals surface area contributed by atoms with E-state index in [0.29, 0.717) is 6.54 Å². The summed E-state index contributed by atoms with van der Waals surface area (Å²) in [7, 11) is 0. The van der Waals surface area contributed by atoms with Gasteiger partial charge in [0.15, 0.2) is 0 Å². The molecule has 106 valence electrons. The number of nitrogens with one attached hydrogen (secondary N) is 1. The molecule has 0 aliphatic rings. The van der Waals surface area contributed by atoms with Gasteiger partial charge in [-0.2, -0.15) is 0 Å². The van der Waals surface area contributed by atoms with E-state index in [2.05, 4.69) is 12.2 Å². The number of hydrogen-bond acceptors (Lipinski definition) is 3. The van der Waals surface area contributed by atoms with E-state index in [1.165, 1.54) is 0 Å². The zero-order valence-corrected chi connectivity index (χ0v) is 12.8.